The van der Waals surface area contributed by atoms with Crippen molar-refractivity contribution in [1.29, 1.82) is 0 Å². The van der Waals surface area contributed by atoms with Crippen LogP contribution >= 0.6 is 0 Å². The number of unbranched alkanes of at least 4 members (excludes halogenated alkanes) is 6. The summed E-state index contributed by atoms with van der Waals surface area (Å²) in [4.78, 5) is 29.9. The topological polar surface area (TPSA) is 204 Å². The van der Waals surface area contributed by atoms with Gasteiger partial charge in [-0.15, -0.1) is 0 Å². The number of amides is 2. The van der Waals surface area contributed by atoms with Gasteiger partial charge in [-0.2, -0.15) is 16.8 Å². The monoisotopic (exact) mass is 936 g/mol. The summed E-state index contributed by atoms with van der Waals surface area (Å²) in [6, 6.07) is 17.3. The second kappa shape index (κ2) is 20.7. The smallest absolute Gasteiger partial charge is 0.296 e. The first kappa shape index (κ1) is 49.6. The molecular formula is C51H60N4O9S2. The van der Waals surface area contributed by atoms with Crippen LogP contribution in [0.2, 0.25) is 0 Å². The Balaban J connectivity index is 1.56. The molecule has 4 aromatic carbocycles. The third kappa shape index (κ3) is 11.2. The Hall–Kier alpha value is -5.87. The van der Waals surface area contributed by atoms with Crippen LogP contribution in [0.25, 0.3) is 33.4 Å². The number of rotatable bonds is 18. The Bertz CT molecular complexity index is 3100. The number of benzene rings is 5. The third-order valence-electron chi connectivity index (χ3n) is 12.0. The summed E-state index contributed by atoms with van der Waals surface area (Å²) in [5, 5.41) is 9.82. The molecule has 1 aliphatic heterocycles. The molecule has 0 aromatic heterocycles. The molecule has 1 heterocycles. The van der Waals surface area contributed by atoms with Crippen molar-refractivity contribution in [3.8, 4) is 22.5 Å². The second-order valence-corrected chi connectivity index (χ2v) is 19.9. The second-order valence-electron chi connectivity index (χ2n) is 17.1. The van der Waals surface area contributed by atoms with E-state index in [0.717, 1.165) is 79.3 Å². The van der Waals surface area contributed by atoms with E-state index in [1.165, 1.54) is 30.3 Å². The van der Waals surface area contributed by atoms with Gasteiger partial charge in [-0.05, 0) is 112 Å². The highest BCUT2D eigenvalue weighted by Gasteiger charge is 2.27. The first-order valence-electron chi connectivity index (χ1n) is 22.4. The lowest BCUT2D eigenvalue weighted by Gasteiger charge is -2.21. The van der Waals surface area contributed by atoms with E-state index in [4.69, 9.17) is 9.41 Å². The van der Waals surface area contributed by atoms with E-state index in [2.05, 4.69) is 29.8 Å². The van der Waals surface area contributed by atoms with E-state index < -0.39 is 30.0 Å². The van der Waals surface area contributed by atoms with E-state index in [1.807, 2.05) is 46.8 Å². The molecular weight excluding hydrogens is 877 g/mol. The molecule has 66 heavy (non-hydrogen) atoms. The fourth-order valence-electron chi connectivity index (χ4n) is 8.67. The van der Waals surface area contributed by atoms with Crippen molar-refractivity contribution in [3.63, 3.8) is 0 Å². The molecule has 0 fully saturated rings. The van der Waals surface area contributed by atoms with Crippen molar-refractivity contribution in [2.75, 3.05) is 16.0 Å². The molecule has 0 radical (unpaired) electrons. The molecule has 13 nitrogen and oxygen atoms in total. The molecule has 0 unspecified atom stereocenters. The molecule has 0 atom stereocenters. The first-order valence-corrected chi connectivity index (χ1v) is 25.3. The Kier molecular flexibility index (Phi) is 15.6. The van der Waals surface area contributed by atoms with E-state index in [1.54, 1.807) is 31.2 Å². The van der Waals surface area contributed by atoms with Gasteiger partial charge in [0.05, 0.1) is 11.0 Å². The van der Waals surface area contributed by atoms with Crippen LogP contribution in [-0.2, 0) is 29.8 Å². The minimum absolute atomic E-state index is 0.0538. The SMILES string of the molecule is CCCCCCC(=O)Nc1c(C)cc(C)c(/N=c2\cc3oc4cc(Nc5c(C)cc(C)c(NC(=O)CCCCCC)c5C)ccc4c(-c4ccccc4S(=O)(=O)O)c-3cc2S(=O)(=O)O)c1C. The lowest BCUT2D eigenvalue weighted by atomic mass is 9.93. The molecule has 2 amide bonds. The number of fused-ring (bicyclic) bond motifs is 2. The molecule has 1 aliphatic carbocycles. The number of carbonyl (C=O) groups excluding carboxylic acids is 2. The van der Waals surface area contributed by atoms with Crippen LogP contribution in [0.4, 0.5) is 28.4 Å². The van der Waals surface area contributed by atoms with E-state index in [9.17, 15) is 35.5 Å². The number of nitrogens with zero attached hydrogens (tertiary/aromatic N) is 1. The zero-order valence-electron chi connectivity index (χ0n) is 38.9. The fourth-order valence-corrected chi connectivity index (χ4v) is 10.0. The number of carbonyl (C=O) groups is 2. The highest BCUT2D eigenvalue weighted by molar-refractivity contribution is 7.86. The van der Waals surface area contributed by atoms with E-state index >= 15 is 0 Å². The Labute approximate surface area is 388 Å². The average Bonchev–Trinajstić information content (AvgIpc) is 3.25. The molecule has 6 rings (SSSR count). The van der Waals surface area contributed by atoms with Crippen LogP contribution in [0.1, 0.15) is 111 Å². The molecule has 2 aliphatic rings. The van der Waals surface area contributed by atoms with Gasteiger partial charge in [0.1, 0.15) is 21.1 Å². The Morgan fingerprint density at radius 2 is 1.17 bits per heavy atom. The molecule has 0 saturated carbocycles. The van der Waals surface area contributed by atoms with Gasteiger partial charge in [-0.25, -0.2) is 4.99 Å². The van der Waals surface area contributed by atoms with E-state index in [-0.39, 0.29) is 45.2 Å². The summed E-state index contributed by atoms with van der Waals surface area (Å²) in [7, 11) is -9.81. The molecule has 4 aromatic rings. The van der Waals surface area contributed by atoms with E-state index in [0.29, 0.717) is 52.1 Å². The average molecular weight is 937 g/mol. The molecule has 15 heteroatoms. The highest BCUT2D eigenvalue weighted by Crippen LogP contribution is 2.44. The predicted octanol–water partition coefficient (Wildman–Crippen LogP) is 12.3. The van der Waals surface area contributed by atoms with Gasteiger partial charge in [0.15, 0.2) is 0 Å². The standard InChI is InChI=1S/C51H60N4O9S2/c1-9-11-13-15-21-45(56)54-50-32(5)25-30(3)48(34(50)7)52-36-23-24-37-41(27-36)64-42-29-40(53-49-31(4)26-33(6)51(35(49)8)55-46(57)22-16-14-12-10-2)44(66(61,62)63)28-39(42)47(37)38-19-17-18-20-43(38)65(58,59)60/h17-20,23-29,52H,9-16,21-22H2,1-8H3,(H,54,56)(H,55,57)(H,58,59,60)(H,61,62,63)/b53-40+. The van der Waals surface area contributed by atoms with Crippen LogP contribution in [0, 0.1) is 41.5 Å². The van der Waals surface area contributed by atoms with Crippen molar-refractivity contribution >= 4 is 71.5 Å². The van der Waals surface area contributed by atoms with Crippen LogP contribution in [-0.4, -0.2) is 37.8 Å². The summed E-state index contributed by atoms with van der Waals surface area (Å²) >= 11 is 0. The van der Waals surface area contributed by atoms with Gasteiger partial charge in [-0.3, -0.25) is 18.7 Å². The minimum Gasteiger partial charge on any atom is -0.456 e. The van der Waals surface area contributed by atoms with Crippen LogP contribution in [0.3, 0.4) is 0 Å². The summed E-state index contributed by atoms with van der Waals surface area (Å²) in [6.45, 7) is 15.5. The fraction of sp³-hybridized carbons (Fsp3) is 0.353. The van der Waals surface area contributed by atoms with Crippen LogP contribution < -0.4 is 21.3 Å². The molecule has 5 N–H and O–H groups in total. The summed E-state index contributed by atoms with van der Waals surface area (Å²) in [6.07, 6.45) is 8.45. The lowest BCUT2D eigenvalue weighted by Crippen LogP contribution is -2.17. The number of hydrogen-bond acceptors (Lipinski definition) is 9. The number of hydrogen-bond donors (Lipinski definition) is 5. The van der Waals surface area contributed by atoms with Gasteiger partial charge < -0.3 is 20.4 Å². The normalized spacial score (nSPS) is 12.2. The van der Waals surface area contributed by atoms with Crippen LogP contribution in [0.5, 0.6) is 0 Å². The molecule has 350 valence electrons. The van der Waals surface area contributed by atoms with Crippen molar-refractivity contribution in [1.82, 2.24) is 0 Å². The number of anilines is 4. The van der Waals surface area contributed by atoms with Crippen molar-refractivity contribution in [3.05, 3.63) is 105 Å². The predicted molar refractivity (Wildman–Crippen MR) is 262 cm³/mol. The quantitative estimate of drug-likeness (QED) is 0.0313. The lowest BCUT2D eigenvalue weighted by molar-refractivity contribution is -0.117. The maximum absolute atomic E-state index is 13.3. The number of nitrogens with one attached hydrogen (secondary N) is 3. The van der Waals surface area contributed by atoms with Crippen molar-refractivity contribution < 1.29 is 39.9 Å². The summed E-state index contributed by atoms with van der Waals surface area (Å²) in [5.41, 5.74) is 8.32. The summed E-state index contributed by atoms with van der Waals surface area (Å²) in [5.74, 6) is -0.125. The molecule has 0 saturated heterocycles. The van der Waals surface area contributed by atoms with Crippen molar-refractivity contribution in [2.24, 2.45) is 4.99 Å². The van der Waals surface area contributed by atoms with Gasteiger partial charge in [0.2, 0.25) is 11.8 Å². The van der Waals surface area contributed by atoms with Gasteiger partial charge in [0, 0.05) is 69.8 Å². The maximum atomic E-state index is 13.3. The minimum atomic E-state index is -4.99. The molecule has 0 bridgehead atoms. The summed E-state index contributed by atoms with van der Waals surface area (Å²) < 4.78 is 80.1. The van der Waals surface area contributed by atoms with Crippen molar-refractivity contribution in [2.45, 2.75) is 129 Å². The Morgan fingerprint density at radius 3 is 1.76 bits per heavy atom. The zero-order valence-corrected chi connectivity index (χ0v) is 40.6. The zero-order chi connectivity index (χ0) is 48.1. The maximum Gasteiger partial charge on any atom is 0.296 e. The van der Waals surface area contributed by atoms with Crippen LogP contribution in [0.15, 0.2) is 85.9 Å². The van der Waals surface area contributed by atoms with Gasteiger partial charge in [-0.1, -0.05) is 82.7 Å². The van der Waals surface area contributed by atoms with Gasteiger partial charge in [0.25, 0.3) is 20.2 Å². The third-order valence-corrected chi connectivity index (χ3v) is 13.8. The highest BCUT2D eigenvalue weighted by atomic mass is 32.2. The van der Waals surface area contributed by atoms with Gasteiger partial charge >= 0.3 is 0 Å². The largest absolute Gasteiger partial charge is 0.456 e. The Morgan fingerprint density at radius 1 is 0.606 bits per heavy atom. The first-order chi connectivity index (χ1) is 31.2. The number of aryl methyl sites for hydroxylation is 4. The molecule has 0 spiro atoms.